The van der Waals surface area contributed by atoms with E-state index in [1.54, 1.807) is 12.1 Å². The number of amides is 3. The average Bonchev–Trinajstić information content (AvgIpc) is 2.83. The van der Waals surface area contributed by atoms with E-state index in [1.807, 2.05) is 0 Å². The molecule has 0 unspecified atom stereocenters. The zero-order valence-electron chi connectivity index (χ0n) is 15.5. The number of ether oxygens (including phenoxy) is 2. The maximum absolute atomic E-state index is 12.5. The van der Waals surface area contributed by atoms with Crippen molar-refractivity contribution in [3.05, 3.63) is 17.2 Å². The van der Waals surface area contributed by atoms with Crippen molar-refractivity contribution in [3.63, 3.8) is 0 Å². The molecule has 1 aromatic carbocycles. The van der Waals surface area contributed by atoms with Gasteiger partial charge in [0.1, 0.15) is 0 Å². The average molecular weight is 407 g/mol. The van der Waals surface area contributed by atoms with Crippen molar-refractivity contribution in [3.8, 4) is 11.5 Å². The van der Waals surface area contributed by atoms with Crippen LogP contribution < -0.4 is 14.8 Å². The standard InChI is InChI=1S/C20H23ClN2O5/c21-14-10-16-17(28-9-3-8-27-16)11-15(14)22-18(24)6-7-23-19(25)12-4-1-2-5-13(12)20(23)26/h10-13H,1-9H2,(H,22,24)/t12-,13+. The third-order valence-corrected chi connectivity index (χ3v) is 5.92. The van der Waals surface area contributed by atoms with Crippen molar-refractivity contribution in [2.24, 2.45) is 11.8 Å². The number of fused-ring (bicyclic) bond motifs is 2. The molecule has 1 aromatic rings. The minimum Gasteiger partial charge on any atom is -0.490 e. The van der Waals surface area contributed by atoms with Crippen molar-refractivity contribution >= 4 is 35.0 Å². The number of hydrogen-bond donors (Lipinski definition) is 1. The van der Waals surface area contributed by atoms with Crippen molar-refractivity contribution in [1.82, 2.24) is 4.90 Å². The van der Waals surface area contributed by atoms with E-state index in [0.717, 1.165) is 32.1 Å². The van der Waals surface area contributed by atoms with Crippen molar-refractivity contribution < 1.29 is 23.9 Å². The maximum atomic E-state index is 12.5. The summed E-state index contributed by atoms with van der Waals surface area (Å²) in [5.74, 6) is 0.127. The van der Waals surface area contributed by atoms with Gasteiger partial charge in [0.15, 0.2) is 11.5 Å². The highest BCUT2D eigenvalue weighted by atomic mass is 35.5. The second kappa shape index (κ2) is 7.99. The fourth-order valence-corrected chi connectivity index (χ4v) is 4.36. The molecule has 2 aliphatic heterocycles. The van der Waals surface area contributed by atoms with Crippen LogP contribution in [0.1, 0.15) is 38.5 Å². The molecule has 0 aromatic heterocycles. The molecule has 0 spiro atoms. The summed E-state index contributed by atoms with van der Waals surface area (Å²) in [5.41, 5.74) is 0.420. The van der Waals surface area contributed by atoms with Crippen molar-refractivity contribution in [2.45, 2.75) is 38.5 Å². The monoisotopic (exact) mass is 406 g/mol. The summed E-state index contributed by atoms with van der Waals surface area (Å²) in [6.45, 7) is 1.18. The first-order valence-electron chi connectivity index (χ1n) is 9.79. The molecule has 3 amide bonds. The number of likely N-dealkylation sites (tertiary alicyclic amines) is 1. The molecule has 7 nitrogen and oxygen atoms in total. The van der Waals surface area contributed by atoms with Gasteiger partial charge in [0.2, 0.25) is 17.7 Å². The summed E-state index contributed by atoms with van der Waals surface area (Å²) in [4.78, 5) is 38.6. The molecule has 2 atom stereocenters. The van der Waals surface area contributed by atoms with Crippen molar-refractivity contribution in [2.75, 3.05) is 25.1 Å². The lowest BCUT2D eigenvalue weighted by molar-refractivity contribution is -0.140. The minimum atomic E-state index is -0.313. The van der Waals surface area contributed by atoms with E-state index in [0.29, 0.717) is 35.4 Å². The zero-order valence-corrected chi connectivity index (χ0v) is 16.3. The van der Waals surface area contributed by atoms with Gasteiger partial charge in [0.05, 0.1) is 35.8 Å². The molecular weight excluding hydrogens is 384 g/mol. The van der Waals surface area contributed by atoms with Crippen LogP contribution in [0.15, 0.2) is 12.1 Å². The van der Waals surface area contributed by atoms with Gasteiger partial charge in [0, 0.05) is 31.5 Å². The number of hydrogen-bond acceptors (Lipinski definition) is 5. The number of benzene rings is 1. The van der Waals surface area contributed by atoms with Gasteiger partial charge in [-0.15, -0.1) is 0 Å². The Morgan fingerprint density at radius 1 is 1.04 bits per heavy atom. The summed E-state index contributed by atoms with van der Waals surface area (Å²) in [6, 6.07) is 3.26. The van der Waals surface area contributed by atoms with Gasteiger partial charge < -0.3 is 14.8 Å². The predicted molar refractivity (Wildman–Crippen MR) is 102 cm³/mol. The zero-order chi connectivity index (χ0) is 19.7. The number of carbonyl (C=O) groups excluding carboxylic acids is 3. The van der Waals surface area contributed by atoms with Gasteiger partial charge in [-0.3, -0.25) is 19.3 Å². The molecule has 2 heterocycles. The first kappa shape index (κ1) is 19.1. The van der Waals surface area contributed by atoms with Crippen molar-refractivity contribution in [1.29, 1.82) is 0 Å². The molecule has 1 saturated heterocycles. The second-order valence-electron chi connectivity index (χ2n) is 7.45. The van der Waals surface area contributed by atoms with Crippen LogP contribution in [0.3, 0.4) is 0 Å². The number of rotatable bonds is 4. The Hall–Kier alpha value is -2.28. The topological polar surface area (TPSA) is 84.9 Å². The molecule has 28 heavy (non-hydrogen) atoms. The summed E-state index contributed by atoms with van der Waals surface area (Å²) in [7, 11) is 0. The number of nitrogens with one attached hydrogen (secondary N) is 1. The smallest absolute Gasteiger partial charge is 0.233 e. The Morgan fingerprint density at radius 2 is 1.64 bits per heavy atom. The van der Waals surface area contributed by atoms with Crippen LogP contribution in [0.5, 0.6) is 11.5 Å². The van der Waals surface area contributed by atoms with Crippen LogP contribution in [0.2, 0.25) is 5.02 Å². The molecule has 8 heteroatoms. The molecule has 0 radical (unpaired) electrons. The van der Waals surface area contributed by atoms with E-state index < -0.39 is 0 Å². The number of nitrogens with zero attached hydrogens (tertiary/aromatic N) is 1. The Labute approximate surface area is 168 Å². The molecular formula is C20H23ClN2O5. The van der Waals surface area contributed by atoms with E-state index in [-0.39, 0.29) is 42.5 Å². The number of imide groups is 1. The molecule has 1 aliphatic carbocycles. The van der Waals surface area contributed by atoms with Crippen LogP contribution in [0.25, 0.3) is 0 Å². The normalized spacial score (nSPS) is 24.0. The Balaban J connectivity index is 1.38. The maximum Gasteiger partial charge on any atom is 0.233 e. The van der Waals surface area contributed by atoms with Gasteiger partial charge in [-0.05, 0) is 12.8 Å². The molecule has 2 fully saturated rings. The highest BCUT2D eigenvalue weighted by Crippen LogP contribution is 2.39. The van der Waals surface area contributed by atoms with Gasteiger partial charge in [0.25, 0.3) is 0 Å². The Kier molecular flexibility index (Phi) is 5.44. The van der Waals surface area contributed by atoms with E-state index in [1.165, 1.54) is 4.90 Å². The van der Waals surface area contributed by atoms with E-state index >= 15 is 0 Å². The molecule has 1 N–H and O–H groups in total. The summed E-state index contributed by atoms with van der Waals surface area (Å²) < 4.78 is 11.2. The fourth-order valence-electron chi connectivity index (χ4n) is 4.16. The molecule has 3 aliphatic rings. The largest absolute Gasteiger partial charge is 0.490 e. The Bertz CT molecular complexity index is 788. The van der Waals surface area contributed by atoms with Crippen LogP contribution in [-0.2, 0) is 14.4 Å². The third kappa shape index (κ3) is 3.68. The summed E-state index contributed by atoms with van der Waals surface area (Å²) in [5, 5.41) is 3.09. The summed E-state index contributed by atoms with van der Waals surface area (Å²) >= 11 is 6.25. The van der Waals surface area contributed by atoms with Gasteiger partial charge >= 0.3 is 0 Å². The van der Waals surface area contributed by atoms with Crippen LogP contribution in [-0.4, -0.2) is 42.4 Å². The second-order valence-corrected chi connectivity index (χ2v) is 7.86. The van der Waals surface area contributed by atoms with E-state index in [9.17, 15) is 14.4 Å². The minimum absolute atomic E-state index is 0.0295. The number of carbonyl (C=O) groups is 3. The first-order chi connectivity index (χ1) is 13.5. The molecule has 150 valence electrons. The van der Waals surface area contributed by atoms with E-state index in [2.05, 4.69) is 5.32 Å². The van der Waals surface area contributed by atoms with Crippen LogP contribution >= 0.6 is 11.6 Å². The van der Waals surface area contributed by atoms with Crippen LogP contribution in [0, 0.1) is 11.8 Å². The first-order valence-corrected chi connectivity index (χ1v) is 10.2. The lowest BCUT2D eigenvalue weighted by Gasteiger charge is -2.19. The quantitative estimate of drug-likeness (QED) is 0.777. The lowest BCUT2D eigenvalue weighted by atomic mass is 9.81. The highest BCUT2D eigenvalue weighted by molar-refractivity contribution is 6.34. The highest BCUT2D eigenvalue weighted by Gasteiger charge is 2.47. The predicted octanol–water partition coefficient (Wildman–Crippen LogP) is 3.01. The lowest BCUT2D eigenvalue weighted by Crippen LogP contribution is -2.34. The molecule has 1 saturated carbocycles. The number of halogens is 1. The SMILES string of the molecule is O=C(CCN1C(=O)[C@H]2CCCC[C@H]2C1=O)Nc1cc2c(cc1Cl)OCCCO2. The molecule has 4 rings (SSSR count). The van der Waals surface area contributed by atoms with Gasteiger partial charge in [-0.25, -0.2) is 0 Å². The van der Waals surface area contributed by atoms with Crippen LogP contribution in [0.4, 0.5) is 5.69 Å². The van der Waals surface area contributed by atoms with Gasteiger partial charge in [-0.1, -0.05) is 24.4 Å². The third-order valence-electron chi connectivity index (χ3n) is 5.61. The number of anilines is 1. The molecule has 0 bridgehead atoms. The summed E-state index contributed by atoms with van der Waals surface area (Å²) in [6.07, 6.45) is 4.30. The van der Waals surface area contributed by atoms with Gasteiger partial charge in [-0.2, -0.15) is 0 Å². The van der Waals surface area contributed by atoms with E-state index in [4.69, 9.17) is 21.1 Å². The fraction of sp³-hybridized carbons (Fsp3) is 0.550. The Morgan fingerprint density at radius 3 is 2.29 bits per heavy atom.